The van der Waals surface area contributed by atoms with Crippen LogP contribution in [0.5, 0.6) is 5.75 Å². The van der Waals surface area contributed by atoms with Crippen molar-refractivity contribution in [1.29, 1.82) is 0 Å². The molecule has 5 heteroatoms. The molecule has 94 valence electrons. The molecule has 0 radical (unpaired) electrons. The third-order valence-electron chi connectivity index (χ3n) is 3.18. The van der Waals surface area contributed by atoms with E-state index in [1.54, 1.807) is 7.11 Å². The number of aryl methyl sites for hydroxylation is 1. The molecule has 1 aliphatic heterocycles. The number of hydrogen-bond acceptors (Lipinski definition) is 3. The zero-order chi connectivity index (χ0) is 12.5. The molecule has 0 amide bonds. The minimum absolute atomic E-state index is 0.725. The van der Waals surface area contributed by atoms with Crippen LogP contribution < -0.4 is 10.1 Å². The van der Waals surface area contributed by atoms with E-state index in [9.17, 15) is 0 Å². The molecule has 0 atom stereocenters. The van der Waals surface area contributed by atoms with Crippen LogP contribution in [0.15, 0.2) is 24.3 Å². The van der Waals surface area contributed by atoms with Gasteiger partial charge in [0.25, 0.3) is 0 Å². The van der Waals surface area contributed by atoms with Crippen molar-refractivity contribution in [3.05, 3.63) is 34.7 Å². The van der Waals surface area contributed by atoms with Crippen LogP contribution >= 0.6 is 12.2 Å². The van der Waals surface area contributed by atoms with Crippen LogP contribution in [0.25, 0.3) is 5.69 Å². The van der Waals surface area contributed by atoms with Crippen molar-refractivity contribution in [1.82, 2.24) is 9.55 Å². The molecule has 2 aromatic rings. The van der Waals surface area contributed by atoms with E-state index in [4.69, 9.17) is 17.0 Å². The maximum Gasteiger partial charge on any atom is 0.183 e. The predicted octanol–water partition coefficient (Wildman–Crippen LogP) is 2.90. The van der Waals surface area contributed by atoms with E-state index < -0.39 is 0 Å². The summed E-state index contributed by atoms with van der Waals surface area (Å²) in [6, 6.07) is 7.92. The van der Waals surface area contributed by atoms with Crippen molar-refractivity contribution in [3.8, 4) is 11.4 Å². The Hall–Kier alpha value is -1.75. The Balaban J connectivity index is 2.16. The summed E-state index contributed by atoms with van der Waals surface area (Å²) in [5.41, 5.74) is 2.21. The Labute approximate surface area is 111 Å². The number of aromatic nitrogens is 2. The maximum atomic E-state index is 5.41. The average molecular weight is 261 g/mol. The van der Waals surface area contributed by atoms with Crippen LogP contribution in [-0.4, -0.2) is 23.2 Å². The molecule has 0 fully saturated rings. The van der Waals surface area contributed by atoms with Gasteiger partial charge in [0.05, 0.1) is 18.5 Å². The number of fused-ring (bicyclic) bond motifs is 1. The first-order valence-corrected chi connectivity index (χ1v) is 6.42. The van der Waals surface area contributed by atoms with Gasteiger partial charge in [-0.2, -0.15) is 0 Å². The lowest BCUT2D eigenvalue weighted by Gasteiger charge is -2.16. The molecule has 3 rings (SSSR count). The van der Waals surface area contributed by atoms with Gasteiger partial charge in [-0.3, -0.25) is 4.57 Å². The zero-order valence-corrected chi connectivity index (χ0v) is 11.0. The van der Waals surface area contributed by atoms with Crippen LogP contribution in [-0.2, 0) is 6.42 Å². The van der Waals surface area contributed by atoms with E-state index >= 15 is 0 Å². The lowest BCUT2D eigenvalue weighted by atomic mass is 10.2. The molecule has 1 aromatic heterocycles. The molecule has 0 saturated heterocycles. The van der Waals surface area contributed by atoms with E-state index in [1.165, 1.54) is 5.69 Å². The normalized spacial score (nSPS) is 13.8. The Morgan fingerprint density at radius 2 is 2.28 bits per heavy atom. The van der Waals surface area contributed by atoms with Crippen LogP contribution in [0, 0.1) is 4.77 Å². The van der Waals surface area contributed by atoms with Gasteiger partial charge in [-0.25, -0.2) is 0 Å². The van der Waals surface area contributed by atoms with Crippen molar-refractivity contribution in [2.45, 2.75) is 12.8 Å². The number of benzene rings is 1. The highest BCUT2D eigenvalue weighted by atomic mass is 32.1. The number of nitrogens with one attached hydrogen (secondary N) is 2. The summed E-state index contributed by atoms with van der Waals surface area (Å²) in [6.45, 7) is 0.990. The van der Waals surface area contributed by atoms with E-state index in [0.29, 0.717) is 0 Å². The number of hydrogen-bond donors (Lipinski definition) is 2. The van der Waals surface area contributed by atoms with Gasteiger partial charge in [0.2, 0.25) is 0 Å². The van der Waals surface area contributed by atoms with E-state index in [-0.39, 0.29) is 0 Å². The highest BCUT2D eigenvalue weighted by molar-refractivity contribution is 7.71. The Morgan fingerprint density at radius 1 is 1.39 bits per heavy atom. The van der Waals surface area contributed by atoms with Gasteiger partial charge in [0, 0.05) is 12.6 Å². The molecular formula is C13H15N3OS. The van der Waals surface area contributed by atoms with Crippen LogP contribution in [0.2, 0.25) is 0 Å². The summed E-state index contributed by atoms with van der Waals surface area (Å²) < 4.78 is 8.02. The number of H-pyrrole nitrogens is 1. The fourth-order valence-corrected chi connectivity index (χ4v) is 2.64. The highest BCUT2D eigenvalue weighted by Gasteiger charge is 2.16. The van der Waals surface area contributed by atoms with Crippen LogP contribution in [0.3, 0.4) is 0 Å². The monoisotopic (exact) mass is 261 g/mol. The van der Waals surface area contributed by atoms with Gasteiger partial charge >= 0.3 is 0 Å². The number of imidazole rings is 1. The molecule has 4 nitrogen and oxygen atoms in total. The highest BCUT2D eigenvalue weighted by Crippen LogP contribution is 2.27. The van der Waals surface area contributed by atoms with Crippen LogP contribution in [0.1, 0.15) is 12.1 Å². The molecule has 0 saturated carbocycles. The topological polar surface area (TPSA) is 42.0 Å². The SMILES string of the molecule is COc1cccc(-n2c3c([nH]c2=S)CCCN3)c1. The number of methoxy groups -OCH3 is 1. The van der Waals surface area contributed by atoms with E-state index in [0.717, 1.165) is 41.4 Å². The van der Waals surface area contributed by atoms with Gasteiger partial charge < -0.3 is 15.0 Å². The number of nitrogens with zero attached hydrogens (tertiary/aromatic N) is 1. The summed E-state index contributed by atoms with van der Waals surface area (Å²) in [7, 11) is 1.67. The second kappa shape index (κ2) is 4.49. The summed E-state index contributed by atoms with van der Waals surface area (Å²) in [5.74, 6) is 1.92. The van der Waals surface area contributed by atoms with Crippen molar-refractivity contribution >= 4 is 18.0 Å². The third-order valence-corrected chi connectivity index (χ3v) is 3.46. The fraction of sp³-hybridized carbons (Fsp3) is 0.308. The Bertz CT molecular complexity index is 629. The maximum absolute atomic E-state index is 5.41. The lowest BCUT2D eigenvalue weighted by Crippen LogP contribution is -2.14. The van der Waals surface area contributed by atoms with Gasteiger partial charge in [-0.15, -0.1) is 0 Å². The largest absolute Gasteiger partial charge is 0.497 e. The van der Waals surface area contributed by atoms with Gasteiger partial charge in [-0.1, -0.05) is 6.07 Å². The van der Waals surface area contributed by atoms with Crippen LogP contribution in [0.4, 0.5) is 5.82 Å². The zero-order valence-electron chi connectivity index (χ0n) is 10.2. The Kier molecular flexibility index (Phi) is 2.83. The summed E-state index contributed by atoms with van der Waals surface area (Å²) in [5, 5.41) is 3.41. The molecule has 0 spiro atoms. The standard InChI is InChI=1S/C13H15N3OS/c1-17-10-5-2-4-9(8-10)16-12-11(15-13(16)18)6-3-7-14-12/h2,4-5,8,14H,3,6-7H2,1H3,(H,15,18). The van der Waals surface area contributed by atoms with Gasteiger partial charge in [0.1, 0.15) is 11.6 Å². The molecule has 0 aliphatic carbocycles. The minimum atomic E-state index is 0.725. The minimum Gasteiger partial charge on any atom is -0.497 e. The Morgan fingerprint density at radius 3 is 3.11 bits per heavy atom. The quantitative estimate of drug-likeness (QED) is 0.817. The molecule has 18 heavy (non-hydrogen) atoms. The molecule has 1 aromatic carbocycles. The first kappa shape index (κ1) is 11.3. The molecule has 1 aliphatic rings. The number of rotatable bonds is 2. The third kappa shape index (κ3) is 1.80. The van der Waals surface area contributed by atoms with Crippen molar-refractivity contribution < 1.29 is 4.74 Å². The lowest BCUT2D eigenvalue weighted by molar-refractivity contribution is 0.414. The van der Waals surface area contributed by atoms with Crippen molar-refractivity contribution in [3.63, 3.8) is 0 Å². The number of anilines is 1. The van der Waals surface area contributed by atoms with Crippen molar-refractivity contribution in [2.24, 2.45) is 0 Å². The van der Waals surface area contributed by atoms with E-state index in [2.05, 4.69) is 10.3 Å². The van der Waals surface area contributed by atoms with Crippen molar-refractivity contribution in [2.75, 3.05) is 19.0 Å². The average Bonchev–Trinajstić information content (AvgIpc) is 2.74. The first-order valence-electron chi connectivity index (χ1n) is 6.02. The fourth-order valence-electron chi connectivity index (χ4n) is 2.32. The smallest absolute Gasteiger partial charge is 0.183 e. The summed E-state index contributed by atoms with van der Waals surface area (Å²) in [6.07, 6.45) is 2.18. The second-order valence-corrected chi connectivity index (χ2v) is 4.71. The molecular weight excluding hydrogens is 246 g/mol. The molecule has 2 heterocycles. The van der Waals surface area contributed by atoms with Gasteiger partial charge in [0.15, 0.2) is 4.77 Å². The van der Waals surface area contributed by atoms with Gasteiger partial charge in [-0.05, 0) is 37.2 Å². The predicted molar refractivity (Wildman–Crippen MR) is 74.3 cm³/mol. The number of ether oxygens (including phenoxy) is 1. The summed E-state index contributed by atoms with van der Waals surface area (Å²) in [4.78, 5) is 3.28. The summed E-state index contributed by atoms with van der Waals surface area (Å²) >= 11 is 5.41. The second-order valence-electron chi connectivity index (χ2n) is 4.32. The van der Waals surface area contributed by atoms with E-state index in [1.807, 2.05) is 28.8 Å². The number of aromatic amines is 1. The molecule has 2 N–H and O–H groups in total. The molecule has 0 unspecified atom stereocenters. The first-order chi connectivity index (χ1) is 8.79. The molecule has 0 bridgehead atoms.